The molecule has 5 rings (SSSR count). The third-order valence-electron chi connectivity index (χ3n) is 4.88. The molecular formula is C20H14ClFN6O2. The lowest BCUT2D eigenvalue weighted by molar-refractivity contribution is -0.117. The van der Waals surface area contributed by atoms with E-state index in [0.29, 0.717) is 33.6 Å². The summed E-state index contributed by atoms with van der Waals surface area (Å²) in [5, 5.41) is 18.8. The second-order valence-electron chi connectivity index (χ2n) is 6.92. The van der Waals surface area contributed by atoms with E-state index < -0.39 is 12.4 Å². The van der Waals surface area contributed by atoms with Gasteiger partial charge in [-0.15, -0.1) is 0 Å². The molecule has 1 fully saturated rings. The number of carbonyl (C=O) groups excluding carboxylic acids is 1. The zero-order valence-corrected chi connectivity index (χ0v) is 16.2. The van der Waals surface area contributed by atoms with Crippen molar-refractivity contribution in [2.24, 2.45) is 5.92 Å². The van der Waals surface area contributed by atoms with Crippen molar-refractivity contribution in [2.75, 3.05) is 11.9 Å². The van der Waals surface area contributed by atoms with Crippen molar-refractivity contribution in [2.45, 2.75) is 12.8 Å². The number of fused-ring (bicyclic) bond motifs is 2. The van der Waals surface area contributed by atoms with Crippen LogP contribution in [0.2, 0.25) is 5.02 Å². The number of carbonyl (C=O) groups is 1. The van der Waals surface area contributed by atoms with Gasteiger partial charge in [0.1, 0.15) is 6.61 Å². The van der Waals surface area contributed by atoms with Crippen LogP contribution in [0.25, 0.3) is 27.8 Å². The molecule has 0 radical (unpaired) electrons. The van der Waals surface area contributed by atoms with Crippen molar-refractivity contribution in [3.05, 3.63) is 41.2 Å². The van der Waals surface area contributed by atoms with E-state index in [1.807, 2.05) is 0 Å². The van der Waals surface area contributed by atoms with Gasteiger partial charge in [-0.25, -0.2) is 9.37 Å². The fourth-order valence-corrected chi connectivity index (χ4v) is 3.56. The van der Waals surface area contributed by atoms with Gasteiger partial charge in [0, 0.05) is 23.1 Å². The number of imidazole rings is 1. The maximum atomic E-state index is 15.0. The first-order chi connectivity index (χ1) is 14.6. The molecule has 0 saturated heterocycles. The lowest BCUT2D eigenvalue weighted by atomic mass is 10.0. The zero-order chi connectivity index (χ0) is 20.8. The molecule has 3 N–H and O–H groups in total. The number of amides is 1. The first-order valence-corrected chi connectivity index (χ1v) is 9.54. The Morgan fingerprint density at radius 2 is 2.23 bits per heavy atom. The minimum atomic E-state index is -0.728. The van der Waals surface area contributed by atoms with Crippen molar-refractivity contribution in [1.29, 1.82) is 0 Å². The SMILES string of the molecule is O=C(Nc1cn2cc(-c3c(Cl)c(F)c(C#CCO)c4[nH]ncc34)ncc2n1)C1CC1. The van der Waals surface area contributed by atoms with Crippen LogP contribution in [0, 0.1) is 23.6 Å². The Morgan fingerprint density at radius 3 is 3.00 bits per heavy atom. The topological polar surface area (TPSA) is 108 Å². The number of aromatic nitrogens is 5. The largest absolute Gasteiger partial charge is 0.384 e. The van der Waals surface area contributed by atoms with Gasteiger partial charge in [-0.3, -0.25) is 14.9 Å². The standard InChI is InChI=1S/C20H14ClFN6O2/c21-17-16(12-6-24-27-19(12)11(18(17)22)2-1-5-29)13-8-28-9-14(25-15(28)7-23-13)26-20(30)10-3-4-10/h6-10,29H,3-5H2,(H,24,27)(H,26,30). The van der Waals surface area contributed by atoms with Gasteiger partial charge in [0.2, 0.25) is 5.91 Å². The summed E-state index contributed by atoms with van der Waals surface area (Å²) in [7, 11) is 0. The minimum Gasteiger partial charge on any atom is -0.384 e. The minimum absolute atomic E-state index is 0.0269. The van der Waals surface area contributed by atoms with Gasteiger partial charge in [-0.2, -0.15) is 5.10 Å². The van der Waals surface area contributed by atoms with E-state index in [2.05, 4.69) is 37.3 Å². The molecule has 0 spiro atoms. The fraction of sp³-hybridized carbons (Fsp3) is 0.200. The molecule has 150 valence electrons. The van der Waals surface area contributed by atoms with Crippen LogP contribution in [-0.4, -0.2) is 42.2 Å². The molecule has 1 saturated carbocycles. The van der Waals surface area contributed by atoms with Gasteiger partial charge in [-0.05, 0) is 12.8 Å². The van der Waals surface area contributed by atoms with Gasteiger partial charge < -0.3 is 14.8 Å². The summed E-state index contributed by atoms with van der Waals surface area (Å²) in [6, 6.07) is 0. The van der Waals surface area contributed by atoms with E-state index in [-0.39, 0.29) is 22.4 Å². The number of hydrogen-bond donors (Lipinski definition) is 3. The molecule has 0 bridgehead atoms. The second kappa shape index (κ2) is 7.09. The Morgan fingerprint density at radius 1 is 1.40 bits per heavy atom. The fourth-order valence-electron chi connectivity index (χ4n) is 3.27. The van der Waals surface area contributed by atoms with Crippen LogP contribution in [0.15, 0.2) is 24.8 Å². The number of nitrogens with zero attached hydrogens (tertiary/aromatic N) is 4. The maximum Gasteiger partial charge on any atom is 0.228 e. The van der Waals surface area contributed by atoms with E-state index in [9.17, 15) is 9.18 Å². The van der Waals surface area contributed by atoms with Crippen LogP contribution >= 0.6 is 11.6 Å². The first kappa shape index (κ1) is 18.5. The normalized spacial score (nSPS) is 13.4. The highest BCUT2D eigenvalue weighted by Crippen LogP contribution is 2.38. The molecule has 0 unspecified atom stereocenters. The van der Waals surface area contributed by atoms with E-state index in [1.165, 1.54) is 12.4 Å². The molecule has 1 aliphatic rings. The highest BCUT2D eigenvalue weighted by atomic mass is 35.5. The summed E-state index contributed by atoms with van der Waals surface area (Å²) in [6.45, 7) is -0.410. The predicted molar refractivity (Wildman–Crippen MR) is 108 cm³/mol. The number of rotatable bonds is 3. The molecular weight excluding hydrogens is 411 g/mol. The summed E-state index contributed by atoms with van der Waals surface area (Å²) in [5.41, 5.74) is 1.66. The molecule has 4 aromatic rings. The van der Waals surface area contributed by atoms with Crippen LogP contribution in [0.4, 0.5) is 10.2 Å². The van der Waals surface area contributed by atoms with Crippen molar-refractivity contribution in [1.82, 2.24) is 24.6 Å². The lowest BCUT2D eigenvalue weighted by Crippen LogP contribution is -2.13. The van der Waals surface area contributed by atoms with E-state index in [4.69, 9.17) is 16.7 Å². The molecule has 1 aromatic carbocycles. The van der Waals surface area contributed by atoms with Crippen molar-refractivity contribution < 1.29 is 14.3 Å². The van der Waals surface area contributed by atoms with E-state index in [1.54, 1.807) is 16.8 Å². The van der Waals surface area contributed by atoms with Crippen molar-refractivity contribution in [3.63, 3.8) is 0 Å². The highest BCUT2D eigenvalue weighted by Gasteiger charge is 2.30. The predicted octanol–water partition coefficient (Wildman–Crippen LogP) is 2.76. The maximum absolute atomic E-state index is 15.0. The Bertz CT molecular complexity index is 1380. The number of aromatic amines is 1. The highest BCUT2D eigenvalue weighted by molar-refractivity contribution is 6.35. The van der Waals surface area contributed by atoms with Crippen LogP contribution in [0.5, 0.6) is 0 Å². The average molecular weight is 425 g/mol. The molecule has 1 aliphatic carbocycles. The smallest absolute Gasteiger partial charge is 0.228 e. The molecule has 8 nitrogen and oxygen atoms in total. The Hall–Kier alpha value is -3.48. The Kier molecular flexibility index (Phi) is 4.38. The Balaban J connectivity index is 1.62. The molecule has 30 heavy (non-hydrogen) atoms. The van der Waals surface area contributed by atoms with Gasteiger partial charge in [-0.1, -0.05) is 23.4 Å². The number of hydrogen-bond acceptors (Lipinski definition) is 5. The molecule has 1 amide bonds. The number of aliphatic hydroxyl groups excluding tert-OH is 1. The summed E-state index contributed by atoms with van der Waals surface area (Å²) >= 11 is 6.35. The monoisotopic (exact) mass is 424 g/mol. The van der Waals surface area contributed by atoms with E-state index in [0.717, 1.165) is 12.8 Å². The van der Waals surface area contributed by atoms with Gasteiger partial charge in [0.25, 0.3) is 0 Å². The molecule has 10 heteroatoms. The van der Waals surface area contributed by atoms with Gasteiger partial charge in [0.05, 0.1) is 40.4 Å². The van der Waals surface area contributed by atoms with E-state index >= 15 is 0 Å². The van der Waals surface area contributed by atoms with Gasteiger partial charge >= 0.3 is 0 Å². The lowest BCUT2D eigenvalue weighted by Gasteiger charge is -2.09. The third-order valence-corrected chi connectivity index (χ3v) is 5.23. The number of H-pyrrole nitrogens is 1. The average Bonchev–Trinajstić information content (AvgIpc) is 3.36. The summed E-state index contributed by atoms with van der Waals surface area (Å²) in [4.78, 5) is 20.7. The second-order valence-corrected chi connectivity index (χ2v) is 7.30. The summed E-state index contributed by atoms with van der Waals surface area (Å²) in [6.07, 6.45) is 8.14. The molecule has 0 aliphatic heterocycles. The first-order valence-electron chi connectivity index (χ1n) is 9.16. The summed E-state index contributed by atoms with van der Waals surface area (Å²) in [5.74, 6) is 4.71. The Labute approximate surface area is 174 Å². The third kappa shape index (κ3) is 3.07. The van der Waals surface area contributed by atoms with Crippen LogP contribution < -0.4 is 5.32 Å². The van der Waals surface area contributed by atoms with Crippen molar-refractivity contribution >= 4 is 39.9 Å². The molecule has 0 atom stereocenters. The number of benzene rings is 1. The quantitative estimate of drug-likeness (QED) is 0.438. The van der Waals surface area contributed by atoms with Crippen molar-refractivity contribution in [3.8, 4) is 23.1 Å². The number of halogens is 2. The van der Waals surface area contributed by atoms with Crippen LogP contribution in [-0.2, 0) is 4.79 Å². The zero-order valence-electron chi connectivity index (χ0n) is 15.4. The van der Waals surface area contributed by atoms with Crippen LogP contribution in [0.3, 0.4) is 0 Å². The van der Waals surface area contributed by atoms with Crippen LogP contribution in [0.1, 0.15) is 18.4 Å². The molecule has 3 heterocycles. The van der Waals surface area contributed by atoms with Gasteiger partial charge in [0.15, 0.2) is 17.3 Å². The molecule has 3 aromatic heterocycles. The summed E-state index contributed by atoms with van der Waals surface area (Å²) < 4.78 is 16.6. The number of anilines is 1. The number of aliphatic hydroxyl groups is 1. The number of nitrogens with one attached hydrogen (secondary N) is 2.